The molecule has 2 rings (SSSR count). The Balaban J connectivity index is 2.32. The number of hydrogen-bond acceptors (Lipinski definition) is 4. The maximum absolute atomic E-state index is 11.2. The van der Waals surface area contributed by atoms with E-state index in [1.54, 1.807) is 24.7 Å². The molecule has 0 bridgehead atoms. The van der Waals surface area contributed by atoms with Gasteiger partial charge in [-0.2, -0.15) is 5.10 Å². The number of rotatable bonds is 3. The van der Waals surface area contributed by atoms with Crippen LogP contribution in [0.1, 0.15) is 10.4 Å². The zero-order chi connectivity index (χ0) is 10.7. The van der Waals surface area contributed by atoms with E-state index in [0.29, 0.717) is 11.5 Å². The van der Waals surface area contributed by atoms with E-state index in [-0.39, 0.29) is 11.7 Å². The van der Waals surface area contributed by atoms with Crippen molar-refractivity contribution in [1.82, 2.24) is 19.7 Å². The van der Waals surface area contributed by atoms with Gasteiger partial charge in [0, 0.05) is 18.6 Å². The second-order valence-corrected chi connectivity index (χ2v) is 3.05. The molecule has 0 aliphatic rings. The van der Waals surface area contributed by atoms with Gasteiger partial charge in [-0.1, -0.05) is 0 Å². The van der Waals surface area contributed by atoms with Crippen LogP contribution in [0, 0.1) is 0 Å². The number of ketones is 1. The summed E-state index contributed by atoms with van der Waals surface area (Å²) >= 11 is 5.42. The van der Waals surface area contributed by atoms with E-state index >= 15 is 0 Å². The molecule has 0 saturated carbocycles. The van der Waals surface area contributed by atoms with Crippen LogP contribution >= 0.6 is 11.6 Å². The highest BCUT2D eigenvalue weighted by atomic mass is 35.5. The molecular weight excluding hydrogens is 216 g/mol. The largest absolute Gasteiger partial charge is 0.293 e. The highest BCUT2D eigenvalue weighted by Gasteiger charge is 2.08. The molecule has 76 valence electrons. The van der Waals surface area contributed by atoms with Gasteiger partial charge in [0.05, 0.1) is 17.6 Å². The van der Waals surface area contributed by atoms with Crippen molar-refractivity contribution < 1.29 is 4.79 Å². The number of nitrogens with zero attached hydrogens (tertiary/aromatic N) is 4. The molecule has 0 radical (unpaired) electrons. The maximum atomic E-state index is 11.2. The Morgan fingerprint density at radius 1 is 1.40 bits per heavy atom. The van der Waals surface area contributed by atoms with E-state index in [1.807, 2.05) is 0 Å². The lowest BCUT2D eigenvalue weighted by molar-refractivity contribution is 0.102. The van der Waals surface area contributed by atoms with Gasteiger partial charge in [-0.05, 0) is 6.07 Å². The van der Waals surface area contributed by atoms with Gasteiger partial charge in [0.25, 0.3) is 0 Å². The average molecular weight is 223 g/mol. The van der Waals surface area contributed by atoms with Crippen molar-refractivity contribution >= 4 is 17.4 Å². The molecule has 2 heterocycles. The average Bonchev–Trinajstić information content (AvgIpc) is 2.78. The topological polar surface area (TPSA) is 60.7 Å². The van der Waals surface area contributed by atoms with Gasteiger partial charge >= 0.3 is 0 Å². The molecule has 2 aromatic heterocycles. The normalized spacial score (nSPS) is 10.2. The fraction of sp³-hybridized carbons (Fsp3) is 0.111. The van der Waals surface area contributed by atoms with Crippen LogP contribution in [0.5, 0.6) is 0 Å². The van der Waals surface area contributed by atoms with Crippen LogP contribution < -0.4 is 0 Å². The molecule has 0 amide bonds. The van der Waals surface area contributed by atoms with Crippen molar-refractivity contribution in [3.8, 4) is 5.95 Å². The standard InChI is InChI=1S/C9H7ClN4O/c10-4-8(15)7-5-13-14(6-7)9-11-2-1-3-12-9/h1-3,5-6H,4H2. The second-order valence-electron chi connectivity index (χ2n) is 2.78. The summed E-state index contributed by atoms with van der Waals surface area (Å²) in [4.78, 5) is 19.2. The molecule has 6 heteroatoms. The minimum Gasteiger partial charge on any atom is -0.293 e. The third kappa shape index (κ3) is 2.02. The molecule has 2 aromatic rings. The van der Waals surface area contributed by atoms with Gasteiger partial charge < -0.3 is 0 Å². The summed E-state index contributed by atoms with van der Waals surface area (Å²) in [6.45, 7) is 0. The molecule has 0 aliphatic carbocycles. The van der Waals surface area contributed by atoms with Gasteiger partial charge in [-0.25, -0.2) is 14.6 Å². The van der Waals surface area contributed by atoms with Crippen LogP contribution in [0.4, 0.5) is 0 Å². The first-order valence-corrected chi connectivity index (χ1v) is 4.76. The fourth-order valence-electron chi connectivity index (χ4n) is 1.06. The molecule has 0 N–H and O–H groups in total. The predicted octanol–water partition coefficient (Wildman–Crippen LogP) is 1.08. The van der Waals surface area contributed by atoms with Crippen molar-refractivity contribution in [2.45, 2.75) is 0 Å². The zero-order valence-corrected chi connectivity index (χ0v) is 8.42. The molecule has 0 spiro atoms. The minimum absolute atomic E-state index is 0.0542. The molecule has 0 atom stereocenters. The van der Waals surface area contributed by atoms with E-state index in [0.717, 1.165) is 0 Å². The van der Waals surface area contributed by atoms with Gasteiger partial charge in [-0.3, -0.25) is 4.79 Å². The summed E-state index contributed by atoms with van der Waals surface area (Å²) in [6, 6.07) is 1.71. The van der Waals surface area contributed by atoms with E-state index in [9.17, 15) is 4.79 Å². The Bertz CT molecular complexity index is 468. The van der Waals surface area contributed by atoms with Crippen molar-refractivity contribution in [3.63, 3.8) is 0 Å². The van der Waals surface area contributed by atoms with Crippen molar-refractivity contribution in [3.05, 3.63) is 36.4 Å². The van der Waals surface area contributed by atoms with Crippen LogP contribution in [-0.4, -0.2) is 31.4 Å². The number of carbonyl (C=O) groups excluding carboxylic acids is 1. The van der Waals surface area contributed by atoms with E-state index < -0.39 is 0 Å². The molecule has 0 unspecified atom stereocenters. The first-order chi connectivity index (χ1) is 7.31. The number of hydrogen-bond donors (Lipinski definition) is 0. The first kappa shape index (κ1) is 9.79. The van der Waals surface area contributed by atoms with E-state index in [1.165, 1.54) is 10.9 Å². The van der Waals surface area contributed by atoms with Crippen LogP contribution in [-0.2, 0) is 0 Å². The van der Waals surface area contributed by atoms with Gasteiger partial charge in [-0.15, -0.1) is 11.6 Å². The minimum atomic E-state index is -0.168. The SMILES string of the molecule is O=C(CCl)c1cnn(-c2ncccn2)c1. The van der Waals surface area contributed by atoms with Crippen LogP contribution in [0.2, 0.25) is 0 Å². The van der Waals surface area contributed by atoms with Gasteiger partial charge in [0.15, 0.2) is 5.78 Å². The second kappa shape index (κ2) is 4.18. The van der Waals surface area contributed by atoms with Gasteiger partial charge in [0.2, 0.25) is 5.95 Å². The number of halogens is 1. The fourth-order valence-corrected chi connectivity index (χ4v) is 1.22. The molecular formula is C9H7ClN4O. The molecule has 0 saturated heterocycles. The molecule has 0 fully saturated rings. The lowest BCUT2D eigenvalue weighted by Crippen LogP contribution is -2.01. The Morgan fingerprint density at radius 2 is 2.13 bits per heavy atom. The van der Waals surface area contributed by atoms with Crippen LogP contribution in [0.25, 0.3) is 5.95 Å². The smallest absolute Gasteiger partial charge is 0.250 e. The first-order valence-electron chi connectivity index (χ1n) is 4.22. The highest BCUT2D eigenvalue weighted by molar-refractivity contribution is 6.30. The summed E-state index contributed by atoms with van der Waals surface area (Å²) in [5, 5.41) is 3.97. The number of alkyl halides is 1. The Labute approximate surface area is 90.7 Å². The van der Waals surface area contributed by atoms with Crippen LogP contribution in [0.3, 0.4) is 0 Å². The highest BCUT2D eigenvalue weighted by Crippen LogP contribution is 2.04. The summed E-state index contributed by atoms with van der Waals surface area (Å²) in [7, 11) is 0. The lowest BCUT2D eigenvalue weighted by atomic mass is 10.3. The Hall–Kier alpha value is -1.75. The quantitative estimate of drug-likeness (QED) is 0.576. The van der Waals surface area contributed by atoms with Crippen molar-refractivity contribution in [2.75, 3.05) is 5.88 Å². The molecule has 15 heavy (non-hydrogen) atoms. The van der Waals surface area contributed by atoms with Crippen molar-refractivity contribution in [2.24, 2.45) is 0 Å². The summed E-state index contributed by atoms with van der Waals surface area (Å²) in [5.74, 6) is 0.200. The van der Waals surface area contributed by atoms with Crippen LogP contribution in [0.15, 0.2) is 30.9 Å². The maximum Gasteiger partial charge on any atom is 0.250 e. The van der Waals surface area contributed by atoms with Crippen molar-refractivity contribution in [1.29, 1.82) is 0 Å². The van der Waals surface area contributed by atoms with E-state index in [2.05, 4.69) is 15.1 Å². The molecule has 0 aliphatic heterocycles. The van der Waals surface area contributed by atoms with Gasteiger partial charge in [0.1, 0.15) is 0 Å². The molecule has 5 nitrogen and oxygen atoms in total. The number of Topliss-reactive ketones (excluding diaryl/α,β-unsaturated/α-hetero) is 1. The summed E-state index contributed by atoms with van der Waals surface area (Å²) in [6.07, 6.45) is 6.21. The number of aromatic nitrogens is 4. The third-order valence-corrected chi connectivity index (χ3v) is 2.03. The Kier molecular flexibility index (Phi) is 2.73. The Morgan fingerprint density at radius 3 is 2.80 bits per heavy atom. The zero-order valence-electron chi connectivity index (χ0n) is 7.67. The predicted molar refractivity (Wildman–Crippen MR) is 54.2 cm³/mol. The monoisotopic (exact) mass is 222 g/mol. The number of carbonyl (C=O) groups is 1. The summed E-state index contributed by atoms with van der Waals surface area (Å²) < 4.78 is 1.43. The summed E-state index contributed by atoms with van der Waals surface area (Å²) in [5.41, 5.74) is 0.456. The van der Waals surface area contributed by atoms with E-state index in [4.69, 9.17) is 11.6 Å². The molecule has 0 aromatic carbocycles. The third-order valence-electron chi connectivity index (χ3n) is 1.78. The lowest BCUT2D eigenvalue weighted by Gasteiger charge is -1.95.